The molecule has 32 heavy (non-hydrogen) atoms. The number of hydrogen-bond acceptors (Lipinski definition) is 3. The van der Waals surface area contributed by atoms with E-state index in [1.54, 1.807) is 6.20 Å². The third kappa shape index (κ3) is 5.05. The summed E-state index contributed by atoms with van der Waals surface area (Å²) in [4.78, 5) is 13.4. The van der Waals surface area contributed by atoms with Crippen LogP contribution in [0.3, 0.4) is 0 Å². The molecule has 0 saturated carbocycles. The smallest absolute Gasteiger partial charge is 0.259 e. The van der Waals surface area contributed by atoms with Gasteiger partial charge in [-0.1, -0.05) is 51.1 Å². The molecule has 1 aliphatic rings. The Morgan fingerprint density at radius 1 is 1.12 bits per heavy atom. The zero-order valence-electron chi connectivity index (χ0n) is 19.1. The van der Waals surface area contributed by atoms with Gasteiger partial charge < -0.3 is 10.6 Å². The molecule has 2 heterocycles. The molecule has 170 valence electrons. The van der Waals surface area contributed by atoms with Gasteiger partial charge in [0.2, 0.25) is 0 Å². The minimum atomic E-state index is -0.0838. The van der Waals surface area contributed by atoms with Crippen molar-refractivity contribution in [1.82, 2.24) is 15.1 Å². The highest BCUT2D eigenvalue weighted by molar-refractivity contribution is 6.05. The number of hydrogen-bond donors (Lipinski definition) is 2. The Bertz CT molecular complexity index is 1040. The molecule has 1 aliphatic heterocycles. The highest BCUT2D eigenvalue weighted by atomic mass is 35.5. The molecule has 2 N–H and O–H groups in total. The molecule has 0 spiro atoms. The van der Waals surface area contributed by atoms with Gasteiger partial charge in [0.1, 0.15) is 0 Å². The van der Waals surface area contributed by atoms with Crippen LogP contribution in [0.25, 0.3) is 5.69 Å². The lowest BCUT2D eigenvalue weighted by Crippen LogP contribution is -2.29. The molecule has 1 amide bonds. The number of carbonyl (C=O) groups excluding carboxylic acids is 1. The summed E-state index contributed by atoms with van der Waals surface area (Å²) in [6.07, 6.45) is 4.61. The Balaban J connectivity index is 0.00000289. The number of nitrogens with zero attached hydrogens (tertiary/aromatic N) is 2. The molecule has 2 aromatic carbocycles. The average molecular weight is 453 g/mol. The molecule has 5 nitrogen and oxygen atoms in total. The minimum absolute atomic E-state index is 0. The molecule has 4 rings (SSSR count). The topological polar surface area (TPSA) is 59.0 Å². The zero-order valence-corrected chi connectivity index (χ0v) is 19.9. The first-order valence-corrected chi connectivity index (χ1v) is 11.4. The number of amides is 1. The van der Waals surface area contributed by atoms with E-state index in [1.807, 2.05) is 22.9 Å². The summed E-state index contributed by atoms with van der Waals surface area (Å²) in [5, 5.41) is 11.2. The van der Waals surface area contributed by atoms with Crippen molar-refractivity contribution in [2.24, 2.45) is 0 Å². The van der Waals surface area contributed by atoms with E-state index in [9.17, 15) is 4.79 Å². The molecular formula is C26H33ClN4O. The Morgan fingerprint density at radius 2 is 1.81 bits per heavy atom. The molecule has 0 bridgehead atoms. The Kier molecular flexibility index (Phi) is 8.10. The quantitative estimate of drug-likeness (QED) is 0.504. The maximum atomic E-state index is 13.4. The summed E-state index contributed by atoms with van der Waals surface area (Å²) >= 11 is 0. The number of anilines is 1. The summed E-state index contributed by atoms with van der Waals surface area (Å²) in [5.41, 5.74) is 6.01. The molecule has 3 aromatic rings. The maximum Gasteiger partial charge on any atom is 0.259 e. The van der Waals surface area contributed by atoms with Crippen molar-refractivity contribution < 1.29 is 4.79 Å². The van der Waals surface area contributed by atoms with Crippen molar-refractivity contribution in [2.45, 2.75) is 51.9 Å². The van der Waals surface area contributed by atoms with Gasteiger partial charge in [-0.05, 0) is 67.6 Å². The van der Waals surface area contributed by atoms with Crippen molar-refractivity contribution in [2.75, 3.05) is 18.4 Å². The molecule has 1 aromatic heterocycles. The predicted molar refractivity (Wildman–Crippen MR) is 134 cm³/mol. The van der Waals surface area contributed by atoms with Crippen LogP contribution in [0.4, 0.5) is 5.69 Å². The van der Waals surface area contributed by atoms with E-state index in [1.165, 1.54) is 5.56 Å². The molecule has 6 heteroatoms. The van der Waals surface area contributed by atoms with Crippen LogP contribution >= 0.6 is 12.4 Å². The monoisotopic (exact) mass is 452 g/mol. The summed E-state index contributed by atoms with van der Waals surface area (Å²) in [7, 11) is 0. The van der Waals surface area contributed by atoms with Gasteiger partial charge in [-0.3, -0.25) is 4.79 Å². The average Bonchev–Trinajstić information content (AvgIpc) is 3.25. The SMILES string of the molecule is CCc1ccccc1NC(=O)c1cnn(-c2ccc(C(C)C)cc2)c1C1CCNCC1.Cl. The van der Waals surface area contributed by atoms with Crippen LogP contribution < -0.4 is 10.6 Å². The van der Waals surface area contributed by atoms with Gasteiger partial charge in [0.25, 0.3) is 5.91 Å². The zero-order chi connectivity index (χ0) is 21.8. The lowest BCUT2D eigenvalue weighted by Gasteiger charge is -2.25. The Hall–Kier alpha value is -2.63. The number of para-hydroxylation sites is 1. The normalized spacial score (nSPS) is 14.2. The second-order valence-electron chi connectivity index (χ2n) is 8.59. The number of aryl methyl sites for hydroxylation is 1. The van der Waals surface area contributed by atoms with Crippen molar-refractivity contribution >= 4 is 24.0 Å². The van der Waals surface area contributed by atoms with E-state index in [2.05, 4.69) is 66.8 Å². The summed E-state index contributed by atoms with van der Waals surface area (Å²) in [6, 6.07) is 16.5. The van der Waals surface area contributed by atoms with E-state index in [0.29, 0.717) is 17.4 Å². The van der Waals surface area contributed by atoms with Crippen LogP contribution in [0.1, 0.15) is 72.6 Å². The van der Waals surface area contributed by atoms with Gasteiger partial charge in [-0.15, -0.1) is 12.4 Å². The summed E-state index contributed by atoms with van der Waals surface area (Å²) in [5.74, 6) is 0.700. The van der Waals surface area contributed by atoms with Gasteiger partial charge in [-0.2, -0.15) is 5.10 Å². The molecule has 0 atom stereocenters. The van der Waals surface area contributed by atoms with Crippen molar-refractivity contribution in [3.05, 3.63) is 77.1 Å². The molecule has 0 radical (unpaired) electrons. The highest BCUT2D eigenvalue weighted by Gasteiger charge is 2.27. The minimum Gasteiger partial charge on any atom is -0.322 e. The molecule has 0 unspecified atom stereocenters. The highest BCUT2D eigenvalue weighted by Crippen LogP contribution is 2.31. The van der Waals surface area contributed by atoms with E-state index >= 15 is 0 Å². The van der Waals surface area contributed by atoms with Crippen LogP contribution in [0.5, 0.6) is 0 Å². The fraction of sp³-hybridized carbons (Fsp3) is 0.385. The van der Waals surface area contributed by atoms with E-state index < -0.39 is 0 Å². The number of aromatic nitrogens is 2. The van der Waals surface area contributed by atoms with Crippen LogP contribution in [0, 0.1) is 0 Å². The van der Waals surface area contributed by atoms with Crippen molar-refractivity contribution in [3.63, 3.8) is 0 Å². The first kappa shape index (κ1) is 24.0. The second kappa shape index (κ2) is 10.8. The second-order valence-corrected chi connectivity index (χ2v) is 8.59. The van der Waals surface area contributed by atoms with E-state index in [-0.39, 0.29) is 18.3 Å². The first-order chi connectivity index (χ1) is 15.1. The van der Waals surface area contributed by atoms with E-state index in [0.717, 1.165) is 55.0 Å². The number of benzene rings is 2. The van der Waals surface area contributed by atoms with Gasteiger partial charge in [0.15, 0.2) is 0 Å². The van der Waals surface area contributed by atoms with Crippen LogP contribution in [0.15, 0.2) is 54.7 Å². The fourth-order valence-corrected chi connectivity index (χ4v) is 4.37. The molecule has 1 fully saturated rings. The molecule has 0 aliphatic carbocycles. The number of piperidine rings is 1. The predicted octanol–water partition coefficient (Wildman–Crippen LogP) is 5.70. The fourth-order valence-electron chi connectivity index (χ4n) is 4.37. The van der Waals surface area contributed by atoms with Gasteiger partial charge in [-0.25, -0.2) is 4.68 Å². The van der Waals surface area contributed by atoms with Gasteiger partial charge >= 0.3 is 0 Å². The lowest BCUT2D eigenvalue weighted by molar-refractivity contribution is 0.102. The maximum absolute atomic E-state index is 13.4. The number of carbonyl (C=O) groups is 1. The summed E-state index contributed by atoms with van der Waals surface area (Å²) < 4.78 is 1.97. The van der Waals surface area contributed by atoms with Gasteiger partial charge in [0.05, 0.1) is 23.1 Å². The van der Waals surface area contributed by atoms with Crippen LogP contribution in [-0.4, -0.2) is 28.8 Å². The lowest BCUT2D eigenvalue weighted by atomic mass is 9.91. The first-order valence-electron chi connectivity index (χ1n) is 11.4. The number of halogens is 1. The van der Waals surface area contributed by atoms with E-state index in [4.69, 9.17) is 0 Å². The Labute approximate surface area is 197 Å². The van der Waals surface area contributed by atoms with Crippen LogP contribution in [-0.2, 0) is 6.42 Å². The Morgan fingerprint density at radius 3 is 2.47 bits per heavy atom. The molecular weight excluding hydrogens is 420 g/mol. The number of rotatable bonds is 6. The summed E-state index contributed by atoms with van der Waals surface area (Å²) in [6.45, 7) is 8.41. The standard InChI is InChI=1S/C26H32N4O.ClH/c1-4-19-7-5-6-8-24(19)29-26(31)23-17-28-30(25(23)21-13-15-27-16-14-21)22-11-9-20(10-12-22)18(2)3;/h5-12,17-18,21,27H,4,13-16H2,1-3H3,(H,29,31);1H. The molecule has 1 saturated heterocycles. The van der Waals surface area contributed by atoms with Crippen LogP contribution in [0.2, 0.25) is 0 Å². The largest absolute Gasteiger partial charge is 0.322 e. The third-order valence-electron chi connectivity index (χ3n) is 6.23. The third-order valence-corrected chi connectivity index (χ3v) is 6.23. The van der Waals surface area contributed by atoms with Crippen molar-refractivity contribution in [1.29, 1.82) is 0 Å². The van der Waals surface area contributed by atoms with Gasteiger partial charge in [0, 0.05) is 11.6 Å². The van der Waals surface area contributed by atoms with Crippen molar-refractivity contribution in [3.8, 4) is 5.69 Å². The number of nitrogens with one attached hydrogen (secondary N) is 2.